The number of aryl methyl sites for hydroxylation is 1. The van der Waals surface area contributed by atoms with Crippen LogP contribution >= 0.6 is 0 Å². The summed E-state index contributed by atoms with van der Waals surface area (Å²) in [5.74, 6) is 1.08. The van der Waals surface area contributed by atoms with Crippen LogP contribution in [0.3, 0.4) is 0 Å². The van der Waals surface area contributed by atoms with E-state index in [0.717, 1.165) is 41.6 Å². The first kappa shape index (κ1) is 21.3. The smallest absolute Gasteiger partial charge is 0.387 e. The first-order valence-electron chi connectivity index (χ1n) is 10.7. The molecule has 0 aliphatic carbocycles. The van der Waals surface area contributed by atoms with Crippen molar-refractivity contribution in [1.29, 1.82) is 0 Å². The van der Waals surface area contributed by atoms with Gasteiger partial charge in [-0.3, -0.25) is 9.38 Å². The molecule has 5 rings (SSSR count). The lowest BCUT2D eigenvalue weighted by molar-refractivity contribution is -0.0503. The first-order valence-corrected chi connectivity index (χ1v) is 10.7. The third-order valence-corrected chi connectivity index (χ3v) is 5.73. The van der Waals surface area contributed by atoms with Crippen LogP contribution in [-0.4, -0.2) is 52.3 Å². The molecular weight excluding hydrogens is 428 g/mol. The highest BCUT2D eigenvalue weighted by atomic mass is 19.3. The van der Waals surface area contributed by atoms with E-state index in [0.29, 0.717) is 30.8 Å². The molecule has 4 heterocycles. The van der Waals surface area contributed by atoms with E-state index >= 15 is 0 Å². The van der Waals surface area contributed by atoms with E-state index < -0.39 is 6.61 Å². The van der Waals surface area contributed by atoms with Gasteiger partial charge in [-0.1, -0.05) is 18.2 Å². The van der Waals surface area contributed by atoms with Gasteiger partial charge < -0.3 is 14.4 Å². The monoisotopic (exact) mass is 451 g/mol. The van der Waals surface area contributed by atoms with Crippen LogP contribution in [0.1, 0.15) is 17.0 Å². The second-order valence-corrected chi connectivity index (χ2v) is 7.81. The van der Waals surface area contributed by atoms with E-state index in [1.54, 1.807) is 30.5 Å². The number of anilines is 1. The molecular formula is C24H23F2N5O2. The minimum absolute atomic E-state index is 0.166. The predicted octanol–water partition coefficient (Wildman–Crippen LogP) is 4.13. The lowest BCUT2D eigenvalue weighted by Gasteiger charge is -2.27. The number of aromatic nitrogens is 4. The Labute approximate surface area is 189 Å². The van der Waals surface area contributed by atoms with Gasteiger partial charge in [-0.2, -0.15) is 8.78 Å². The van der Waals surface area contributed by atoms with Crippen molar-refractivity contribution in [3.05, 3.63) is 71.9 Å². The maximum Gasteiger partial charge on any atom is 0.387 e. The van der Waals surface area contributed by atoms with Crippen molar-refractivity contribution in [2.75, 3.05) is 31.2 Å². The number of para-hydroxylation sites is 1. The third kappa shape index (κ3) is 4.49. The topological polar surface area (TPSA) is 64.8 Å². The minimum atomic E-state index is -2.88. The number of benzene rings is 1. The van der Waals surface area contributed by atoms with Crippen LogP contribution in [0.5, 0.6) is 5.75 Å². The Morgan fingerprint density at radius 3 is 2.64 bits per heavy atom. The van der Waals surface area contributed by atoms with Gasteiger partial charge in [0.1, 0.15) is 11.6 Å². The highest BCUT2D eigenvalue weighted by molar-refractivity contribution is 5.61. The summed E-state index contributed by atoms with van der Waals surface area (Å²) in [6, 6.07) is 10.8. The van der Waals surface area contributed by atoms with E-state index in [9.17, 15) is 8.78 Å². The first-order chi connectivity index (χ1) is 16.1. The van der Waals surface area contributed by atoms with E-state index in [2.05, 4.69) is 19.9 Å². The summed E-state index contributed by atoms with van der Waals surface area (Å²) in [4.78, 5) is 16.0. The number of imidazole rings is 1. The molecule has 0 bridgehead atoms. The van der Waals surface area contributed by atoms with E-state index in [-0.39, 0.29) is 5.75 Å². The average Bonchev–Trinajstić information content (AvgIpc) is 3.15. The Morgan fingerprint density at radius 1 is 1.06 bits per heavy atom. The second kappa shape index (κ2) is 9.11. The zero-order chi connectivity index (χ0) is 22.8. The predicted molar refractivity (Wildman–Crippen MR) is 120 cm³/mol. The maximum absolute atomic E-state index is 12.8. The van der Waals surface area contributed by atoms with Crippen LogP contribution in [0, 0.1) is 6.92 Å². The van der Waals surface area contributed by atoms with Gasteiger partial charge in [0.2, 0.25) is 0 Å². The summed E-state index contributed by atoms with van der Waals surface area (Å²) in [6.07, 6.45) is 5.83. The molecule has 0 unspecified atom stereocenters. The number of morpholine rings is 1. The van der Waals surface area contributed by atoms with Gasteiger partial charge in [0.05, 0.1) is 36.5 Å². The average molecular weight is 451 g/mol. The van der Waals surface area contributed by atoms with Gasteiger partial charge in [-0.05, 0) is 25.1 Å². The summed E-state index contributed by atoms with van der Waals surface area (Å²) in [6.45, 7) is 2.08. The fraction of sp³-hybridized carbons (Fsp3) is 0.292. The number of hydrogen-bond donors (Lipinski definition) is 0. The van der Waals surface area contributed by atoms with Crippen LogP contribution in [-0.2, 0) is 11.2 Å². The fourth-order valence-corrected chi connectivity index (χ4v) is 4.04. The quantitative estimate of drug-likeness (QED) is 0.439. The van der Waals surface area contributed by atoms with Gasteiger partial charge in [-0.15, -0.1) is 0 Å². The molecule has 0 N–H and O–H groups in total. The number of rotatable bonds is 6. The van der Waals surface area contributed by atoms with Gasteiger partial charge >= 0.3 is 6.61 Å². The number of nitrogens with zero attached hydrogens (tertiary/aromatic N) is 5. The zero-order valence-corrected chi connectivity index (χ0v) is 18.1. The van der Waals surface area contributed by atoms with E-state index in [1.165, 1.54) is 0 Å². The highest BCUT2D eigenvalue weighted by Crippen LogP contribution is 2.26. The van der Waals surface area contributed by atoms with Crippen molar-refractivity contribution in [2.45, 2.75) is 20.0 Å². The molecule has 1 fully saturated rings. The molecule has 1 saturated heterocycles. The van der Waals surface area contributed by atoms with E-state index in [4.69, 9.17) is 9.47 Å². The Balaban J connectivity index is 1.46. The van der Waals surface area contributed by atoms with Crippen LogP contribution in [0.4, 0.5) is 14.6 Å². The molecule has 1 aliphatic heterocycles. The lowest BCUT2D eigenvalue weighted by Crippen LogP contribution is -2.36. The summed E-state index contributed by atoms with van der Waals surface area (Å²) < 4.78 is 37.7. The van der Waals surface area contributed by atoms with Crippen molar-refractivity contribution in [3.63, 3.8) is 0 Å². The molecule has 4 aromatic rings. The molecule has 1 aliphatic rings. The Hall–Kier alpha value is -3.59. The number of pyridine rings is 1. The molecule has 0 atom stereocenters. The minimum Gasteiger partial charge on any atom is -0.435 e. The van der Waals surface area contributed by atoms with Gasteiger partial charge in [-0.25, -0.2) is 9.97 Å². The number of alkyl halides is 2. The molecule has 3 aromatic heterocycles. The van der Waals surface area contributed by atoms with Gasteiger partial charge in [0.25, 0.3) is 0 Å². The van der Waals surface area contributed by atoms with Crippen molar-refractivity contribution < 1.29 is 18.3 Å². The van der Waals surface area contributed by atoms with Crippen molar-refractivity contribution >= 4 is 11.5 Å². The zero-order valence-electron chi connectivity index (χ0n) is 18.1. The molecule has 33 heavy (non-hydrogen) atoms. The Morgan fingerprint density at radius 2 is 1.88 bits per heavy atom. The van der Waals surface area contributed by atoms with Crippen molar-refractivity contribution in [1.82, 2.24) is 19.4 Å². The summed E-state index contributed by atoms with van der Waals surface area (Å²) >= 11 is 0. The standard InChI is InChI=1S/C24H23F2N5O2/c1-16-20(12-17-4-2-3-5-21(17)33-24(25)26)31-15-19(27-14-23(31)29-16)18-6-7-22(28-13-18)30-8-10-32-11-9-30/h2-7,13-15,24H,8-12H2,1H3. The van der Waals surface area contributed by atoms with Crippen LogP contribution in [0.2, 0.25) is 0 Å². The fourth-order valence-electron chi connectivity index (χ4n) is 4.04. The highest BCUT2D eigenvalue weighted by Gasteiger charge is 2.16. The molecule has 170 valence electrons. The normalized spacial score (nSPS) is 14.2. The SMILES string of the molecule is Cc1nc2cnc(-c3ccc(N4CCOCC4)nc3)cn2c1Cc1ccccc1OC(F)F. The molecule has 0 saturated carbocycles. The number of fused-ring (bicyclic) bond motifs is 1. The van der Waals surface area contributed by atoms with Crippen LogP contribution in [0.15, 0.2) is 55.0 Å². The molecule has 1 aromatic carbocycles. The summed E-state index contributed by atoms with van der Waals surface area (Å²) in [5, 5.41) is 0. The van der Waals surface area contributed by atoms with Crippen molar-refractivity contribution in [2.24, 2.45) is 0 Å². The molecule has 9 heteroatoms. The number of ether oxygens (including phenoxy) is 2. The molecule has 0 amide bonds. The molecule has 0 spiro atoms. The third-order valence-electron chi connectivity index (χ3n) is 5.73. The Kier molecular flexibility index (Phi) is 5.87. The van der Waals surface area contributed by atoms with Crippen LogP contribution in [0.25, 0.3) is 16.9 Å². The summed E-state index contributed by atoms with van der Waals surface area (Å²) in [5.41, 5.74) is 4.68. The Bertz CT molecular complexity index is 1250. The lowest BCUT2D eigenvalue weighted by atomic mass is 10.1. The number of hydrogen-bond acceptors (Lipinski definition) is 6. The van der Waals surface area contributed by atoms with Gasteiger partial charge in [0.15, 0.2) is 5.65 Å². The molecule has 7 nitrogen and oxygen atoms in total. The van der Waals surface area contributed by atoms with Gasteiger partial charge in [0, 0.05) is 43.0 Å². The second-order valence-electron chi connectivity index (χ2n) is 7.81. The van der Waals surface area contributed by atoms with Crippen molar-refractivity contribution in [3.8, 4) is 17.0 Å². The van der Waals surface area contributed by atoms with E-state index in [1.807, 2.05) is 35.9 Å². The summed E-state index contributed by atoms with van der Waals surface area (Å²) in [7, 11) is 0. The number of halogens is 2. The maximum atomic E-state index is 12.8. The largest absolute Gasteiger partial charge is 0.435 e. The molecule has 0 radical (unpaired) electrons. The van der Waals surface area contributed by atoms with Crippen LogP contribution < -0.4 is 9.64 Å².